The Bertz CT molecular complexity index is 1030. The fourth-order valence-electron chi connectivity index (χ4n) is 2.36. The molecule has 2 heterocycles. The van der Waals surface area contributed by atoms with Crippen LogP contribution in [0.4, 0.5) is 15.8 Å². The number of pyridine rings is 2. The summed E-state index contributed by atoms with van der Waals surface area (Å²) in [6.07, 6.45) is 3.55. The van der Waals surface area contributed by atoms with E-state index in [1.54, 1.807) is 30.3 Å². The minimum atomic E-state index is -4.31. The molecule has 0 amide bonds. The van der Waals surface area contributed by atoms with Crippen molar-refractivity contribution in [2.45, 2.75) is 4.90 Å². The number of rotatable bonds is 5. The maximum Gasteiger partial charge on any atom is 0.271 e. The summed E-state index contributed by atoms with van der Waals surface area (Å²) in [6.45, 7) is 0. The highest BCUT2D eigenvalue weighted by molar-refractivity contribution is 9.10. The number of aromatic nitrogens is 2. The number of nitrogens with zero attached hydrogens (tertiary/aromatic N) is 3. The molecule has 0 saturated heterocycles. The van der Waals surface area contributed by atoms with Crippen molar-refractivity contribution in [1.29, 1.82) is 0 Å². The number of methoxy groups -OCH3 is 1. The predicted molar refractivity (Wildman–Crippen MR) is 98.5 cm³/mol. The summed E-state index contributed by atoms with van der Waals surface area (Å²) < 4.78 is 47.5. The van der Waals surface area contributed by atoms with Crippen molar-refractivity contribution in [2.75, 3.05) is 11.4 Å². The van der Waals surface area contributed by atoms with E-state index in [1.165, 1.54) is 25.6 Å². The molecule has 0 fully saturated rings. The lowest BCUT2D eigenvalue weighted by Gasteiger charge is -2.25. The Labute approximate surface area is 158 Å². The maximum absolute atomic E-state index is 14.2. The number of hydrogen-bond donors (Lipinski definition) is 0. The zero-order valence-corrected chi connectivity index (χ0v) is 15.9. The third-order valence-corrected chi connectivity index (χ3v) is 5.66. The quantitative estimate of drug-likeness (QED) is 0.604. The maximum atomic E-state index is 14.2. The summed E-state index contributed by atoms with van der Waals surface area (Å²) in [4.78, 5) is 7.20. The highest BCUT2D eigenvalue weighted by Gasteiger charge is 2.32. The summed E-state index contributed by atoms with van der Waals surface area (Å²) in [6, 6.07) is 10.9. The van der Waals surface area contributed by atoms with E-state index >= 15 is 0 Å². The smallest absolute Gasteiger partial charge is 0.271 e. The number of para-hydroxylation sites is 1. The Morgan fingerprint density at radius 2 is 1.88 bits per heavy atom. The monoisotopic (exact) mass is 437 g/mol. The average Bonchev–Trinajstić information content (AvgIpc) is 2.63. The van der Waals surface area contributed by atoms with Crippen molar-refractivity contribution in [2.24, 2.45) is 0 Å². The molecule has 0 saturated carbocycles. The van der Waals surface area contributed by atoms with Gasteiger partial charge in [0.15, 0.2) is 5.82 Å². The standard InChI is InChI=1S/C17H13BrFN3O3S/c1-25-17-15(9-12(18)10-21-17)22(13-5-3-2-4-6-13)26(23,24)16-7-8-20-11-14(16)19/h2-11H,1H3. The van der Waals surface area contributed by atoms with Gasteiger partial charge < -0.3 is 4.74 Å². The molecule has 6 nitrogen and oxygen atoms in total. The zero-order chi connectivity index (χ0) is 18.7. The van der Waals surface area contributed by atoms with Crippen LogP contribution < -0.4 is 9.04 Å². The van der Waals surface area contributed by atoms with E-state index in [9.17, 15) is 12.8 Å². The third kappa shape index (κ3) is 3.40. The van der Waals surface area contributed by atoms with Crippen LogP contribution in [0.15, 0.2) is 70.4 Å². The molecule has 0 radical (unpaired) electrons. The van der Waals surface area contributed by atoms with Crippen LogP contribution in [-0.4, -0.2) is 25.5 Å². The summed E-state index contributed by atoms with van der Waals surface area (Å²) >= 11 is 3.28. The lowest BCUT2D eigenvalue weighted by atomic mass is 10.3. The van der Waals surface area contributed by atoms with Crippen molar-refractivity contribution in [3.8, 4) is 5.88 Å². The first kappa shape index (κ1) is 18.3. The average molecular weight is 438 g/mol. The van der Waals surface area contributed by atoms with E-state index in [4.69, 9.17) is 4.74 Å². The van der Waals surface area contributed by atoms with E-state index in [1.807, 2.05) is 0 Å². The molecule has 0 bridgehead atoms. The van der Waals surface area contributed by atoms with Crippen molar-refractivity contribution in [1.82, 2.24) is 9.97 Å². The Hall–Kier alpha value is -2.52. The molecular weight excluding hydrogens is 425 g/mol. The van der Waals surface area contributed by atoms with Crippen molar-refractivity contribution < 1.29 is 17.5 Å². The fourth-order valence-corrected chi connectivity index (χ4v) is 4.20. The number of ether oxygens (including phenoxy) is 1. The summed E-state index contributed by atoms with van der Waals surface area (Å²) in [5, 5.41) is 0. The van der Waals surface area contributed by atoms with Crippen LogP contribution in [0.2, 0.25) is 0 Å². The van der Waals surface area contributed by atoms with Gasteiger partial charge >= 0.3 is 0 Å². The van der Waals surface area contributed by atoms with Crippen LogP contribution in [0.1, 0.15) is 0 Å². The molecule has 0 atom stereocenters. The van der Waals surface area contributed by atoms with E-state index in [2.05, 4.69) is 25.9 Å². The number of benzene rings is 1. The second-order valence-electron chi connectivity index (χ2n) is 5.09. The molecule has 3 aromatic rings. The topological polar surface area (TPSA) is 72.4 Å². The molecule has 0 unspecified atom stereocenters. The van der Waals surface area contributed by atoms with Crippen LogP contribution in [0.3, 0.4) is 0 Å². The fraction of sp³-hybridized carbons (Fsp3) is 0.0588. The minimum Gasteiger partial charge on any atom is -0.479 e. The van der Waals surface area contributed by atoms with Gasteiger partial charge in [0.05, 0.1) is 19.0 Å². The Balaban J connectivity index is 2.31. The lowest BCUT2D eigenvalue weighted by Crippen LogP contribution is -2.27. The molecule has 3 rings (SSSR count). The van der Waals surface area contributed by atoms with Gasteiger partial charge in [0, 0.05) is 16.9 Å². The molecule has 1 aromatic carbocycles. The third-order valence-electron chi connectivity index (χ3n) is 3.46. The molecule has 9 heteroatoms. The van der Waals surface area contributed by atoms with Crippen molar-refractivity contribution in [3.05, 3.63) is 71.3 Å². The Morgan fingerprint density at radius 3 is 2.54 bits per heavy atom. The molecular formula is C17H13BrFN3O3S. The summed E-state index contributed by atoms with van der Waals surface area (Å²) in [5.41, 5.74) is 0.450. The van der Waals surface area contributed by atoms with E-state index in [0.717, 1.165) is 16.6 Å². The number of anilines is 2. The highest BCUT2D eigenvalue weighted by Crippen LogP contribution is 2.38. The summed E-state index contributed by atoms with van der Waals surface area (Å²) in [7, 11) is -2.93. The van der Waals surface area contributed by atoms with Crippen LogP contribution in [-0.2, 0) is 10.0 Å². The molecule has 0 aliphatic carbocycles. The van der Waals surface area contributed by atoms with Gasteiger partial charge in [0.2, 0.25) is 5.88 Å². The van der Waals surface area contributed by atoms with Crippen LogP contribution in [0.5, 0.6) is 5.88 Å². The summed E-state index contributed by atoms with van der Waals surface area (Å²) in [5.74, 6) is -0.870. The van der Waals surface area contributed by atoms with Gasteiger partial charge in [-0.1, -0.05) is 18.2 Å². The first-order valence-electron chi connectivity index (χ1n) is 7.34. The SMILES string of the molecule is COc1ncc(Br)cc1N(c1ccccc1)S(=O)(=O)c1ccncc1F. The van der Waals surface area contributed by atoms with E-state index < -0.39 is 20.7 Å². The van der Waals surface area contributed by atoms with Gasteiger partial charge in [-0.15, -0.1) is 0 Å². The molecule has 0 aliphatic heterocycles. The molecule has 0 spiro atoms. The second-order valence-corrected chi connectivity index (χ2v) is 7.76. The molecule has 2 aromatic heterocycles. The van der Waals surface area contributed by atoms with E-state index in [0.29, 0.717) is 10.2 Å². The van der Waals surface area contributed by atoms with Crippen LogP contribution >= 0.6 is 15.9 Å². The first-order chi connectivity index (χ1) is 12.4. The predicted octanol–water partition coefficient (Wildman–Crippen LogP) is 3.91. The van der Waals surface area contributed by atoms with Gasteiger partial charge in [-0.3, -0.25) is 4.98 Å². The van der Waals surface area contributed by atoms with Crippen LogP contribution in [0, 0.1) is 5.82 Å². The van der Waals surface area contributed by atoms with Gasteiger partial charge in [-0.2, -0.15) is 0 Å². The number of hydrogen-bond acceptors (Lipinski definition) is 5. The van der Waals surface area contributed by atoms with E-state index in [-0.39, 0.29) is 11.6 Å². The molecule has 26 heavy (non-hydrogen) atoms. The largest absolute Gasteiger partial charge is 0.479 e. The molecule has 0 aliphatic rings. The van der Waals surface area contributed by atoms with Crippen LogP contribution in [0.25, 0.3) is 0 Å². The normalized spacial score (nSPS) is 11.2. The van der Waals surface area contributed by atoms with Gasteiger partial charge in [0.25, 0.3) is 10.0 Å². The Morgan fingerprint density at radius 1 is 1.15 bits per heavy atom. The number of halogens is 2. The van der Waals surface area contributed by atoms with Crippen molar-refractivity contribution in [3.63, 3.8) is 0 Å². The Kier molecular flexibility index (Phi) is 5.19. The second kappa shape index (κ2) is 7.38. The minimum absolute atomic E-state index is 0.0788. The van der Waals surface area contributed by atoms with Gasteiger partial charge in [0.1, 0.15) is 10.6 Å². The molecule has 0 N–H and O–H groups in total. The van der Waals surface area contributed by atoms with Gasteiger partial charge in [-0.05, 0) is 40.2 Å². The lowest BCUT2D eigenvalue weighted by molar-refractivity contribution is 0.399. The van der Waals surface area contributed by atoms with Crippen molar-refractivity contribution >= 4 is 37.3 Å². The number of sulfonamides is 1. The zero-order valence-electron chi connectivity index (χ0n) is 13.5. The molecule has 134 valence electrons. The van der Waals surface area contributed by atoms with Gasteiger partial charge in [-0.25, -0.2) is 22.1 Å². The highest BCUT2D eigenvalue weighted by atomic mass is 79.9. The first-order valence-corrected chi connectivity index (χ1v) is 9.58.